The molecule has 1 aromatic carbocycles. The number of hydrogen-bond donors (Lipinski definition) is 1. The quantitative estimate of drug-likeness (QED) is 0.652. The fourth-order valence-electron chi connectivity index (χ4n) is 2.55. The van der Waals surface area contributed by atoms with E-state index < -0.39 is 10.1 Å². The summed E-state index contributed by atoms with van der Waals surface area (Å²) in [6.07, 6.45) is 0. The van der Waals surface area contributed by atoms with Crippen molar-refractivity contribution < 1.29 is 17.4 Å². The van der Waals surface area contributed by atoms with Gasteiger partial charge in [0.15, 0.2) is 0 Å². The third-order valence-electron chi connectivity index (χ3n) is 3.62. The predicted molar refractivity (Wildman–Crippen MR) is 102 cm³/mol. The lowest BCUT2D eigenvalue weighted by atomic mass is 10.3. The summed E-state index contributed by atoms with van der Waals surface area (Å²) in [6.45, 7) is 6.69. The number of anilines is 1. The molecule has 2 aromatic heterocycles. The average molecular weight is 401 g/mol. The largest absolute Gasteiger partial charge is 0.358 e. The number of aryl methyl sites for hydroxylation is 3. The second-order valence-corrected chi connectivity index (χ2v) is 7.78. The van der Waals surface area contributed by atoms with Gasteiger partial charge in [0.1, 0.15) is 4.90 Å². The first-order chi connectivity index (χ1) is 13.1. The Hall–Kier alpha value is -3.27. The van der Waals surface area contributed by atoms with Crippen molar-refractivity contribution >= 4 is 21.7 Å². The van der Waals surface area contributed by atoms with Gasteiger partial charge in [-0.3, -0.25) is 4.79 Å². The summed E-state index contributed by atoms with van der Waals surface area (Å²) < 4.78 is 31.9. The lowest BCUT2D eigenvalue weighted by Gasteiger charge is -2.10. The number of amides is 1. The van der Waals surface area contributed by atoms with Crippen LogP contribution in [0, 0.1) is 20.8 Å². The van der Waals surface area contributed by atoms with E-state index in [1.54, 1.807) is 13.0 Å². The summed E-state index contributed by atoms with van der Waals surface area (Å²) in [5.74, 6) is -0.0510. The second-order valence-electron chi connectivity index (χ2n) is 6.23. The Morgan fingerprint density at radius 1 is 1.00 bits per heavy atom. The van der Waals surface area contributed by atoms with E-state index in [2.05, 4.69) is 20.4 Å². The molecular formula is C18H19N5O4S. The van der Waals surface area contributed by atoms with Crippen molar-refractivity contribution in [1.82, 2.24) is 19.7 Å². The summed E-state index contributed by atoms with van der Waals surface area (Å²) in [4.78, 5) is 19.6. The molecule has 1 amide bonds. The van der Waals surface area contributed by atoms with Crippen LogP contribution >= 0.6 is 0 Å². The van der Waals surface area contributed by atoms with Crippen molar-refractivity contribution in [3.05, 3.63) is 53.5 Å². The van der Waals surface area contributed by atoms with Gasteiger partial charge in [-0.15, -0.1) is 0 Å². The molecule has 0 atom stereocenters. The van der Waals surface area contributed by atoms with Gasteiger partial charge in [-0.2, -0.15) is 18.2 Å². The van der Waals surface area contributed by atoms with Crippen LogP contribution in [0.1, 0.15) is 24.0 Å². The van der Waals surface area contributed by atoms with E-state index in [9.17, 15) is 13.2 Å². The molecule has 0 aliphatic rings. The molecule has 1 N–H and O–H groups in total. The highest BCUT2D eigenvalue weighted by atomic mass is 32.2. The average Bonchev–Trinajstić information content (AvgIpc) is 2.93. The molecule has 0 spiro atoms. The Balaban J connectivity index is 1.94. The molecule has 0 aliphatic heterocycles. The Morgan fingerprint density at radius 3 is 2.18 bits per heavy atom. The van der Waals surface area contributed by atoms with Crippen molar-refractivity contribution in [1.29, 1.82) is 0 Å². The summed E-state index contributed by atoms with van der Waals surface area (Å²) in [5.41, 5.74) is 2.47. The van der Waals surface area contributed by atoms with E-state index in [0.717, 1.165) is 11.4 Å². The SMILES string of the molecule is CC(=O)Nc1ccc(S(=O)(=O)Oc2cc(C)nn2-c2nc(C)cc(C)n2)cc1. The third-order valence-corrected chi connectivity index (χ3v) is 4.86. The van der Waals surface area contributed by atoms with E-state index in [0.29, 0.717) is 11.4 Å². The van der Waals surface area contributed by atoms with Gasteiger partial charge in [0.25, 0.3) is 5.95 Å². The maximum atomic E-state index is 12.7. The van der Waals surface area contributed by atoms with Crippen LogP contribution in [-0.4, -0.2) is 34.1 Å². The van der Waals surface area contributed by atoms with Crippen LogP contribution in [0.25, 0.3) is 5.95 Å². The maximum Gasteiger partial charge on any atom is 0.340 e. The van der Waals surface area contributed by atoms with E-state index >= 15 is 0 Å². The first-order valence-corrected chi connectivity index (χ1v) is 9.76. The highest BCUT2D eigenvalue weighted by Crippen LogP contribution is 2.23. The third kappa shape index (κ3) is 4.34. The number of hydrogen-bond acceptors (Lipinski definition) is 7. The molecule has 0 saturated heterocycles. The first kappa shape index (κ1) is 19.5. The molecule has 9 nitrogen and oxygen atoms in total. The molecule has 0 bridgehead atoms. The Bertz CT molecular complexity index is 1120. The van der Waals surface area contributed by atoms with Crippen molar-refractivity contribution in [3.8, 4) is 11.8 Å². The van der Waals surface area contributed by atoms with Crippen molar-refractivity contribution in [2.45, 2.75) is 32.6 Å². The van der Waals surface area contributed by atoms with Gasteiger partial charge in [-0.1, -0.05) is 0 Å². The summed E-state index contributed by atoms with van der Waals surface area (Å²) in [7, 11) is -4.13. The Morgan fingerprint density at radius 2 is 1.61 bits per heavy atom. The maximum absolute atomic E-state index is 12.7. The molecule has 0 unspecified atom stereocenters. The van der Waals surface area contributed by atoms with Crippen molar-refractivity contribution in [2.75, 3.05) is 5.32 Å². The Labute approximate surface area is 162 Å². The van der Waals surface area contributed by atoms with E-state index in [1.165, 1.54) is 41.9 Å². The number of rotatable bonds is 5. The van der Waals surface area contributed by atoms with E-state index in [1.807, 2.05) is 13.8 Å². The zero-order valence-electron chi connectivity index (χ0n) is 15.8. The normalized spacial score (nSPS) is 11.3. The summed E-state index contributed by atoms with van der Waals surface area (Å²) in [5, 5.41) is 6.81. The van der Waals surface area contributed by atoms with Crippen LogP contribution in [-0.2, 0) is 14.9 Å². The van der Waals surface area contributed by atoms with Gasteiger partial charge in [-0.05, 0) is 51.1 Å². The molecule has 28 heavy (non-hydrogen) atoms. The second kappa shape index (κ2) is 7.39. The van der Waals surface area contributed by atoms with Crippen LogP contribution < -0.4 is 9.50 Å². The zero-order valence-corrected chi connectivity index (χ0v) is 16.6. The van der Waals surface area contributed by atoms with E-state index in [-0.39, 0.29) is 22.6 Å². The minimum absolute atomic E-state index is 0.0200. The van der Waals surface area contributed by atoms with Gasteiger partial charge in [0.2, 0.25) is 11.8 Å². The first-order valence-electron chi connectivity index (χ1n) is 8.35. The summed E-state index contributed by atoms with van der Waals surface area (Å²) >= 11 is 0. The van der Waals surface area contributed by atoms with Crippen LogP contribution in [0.4, 0.5) is 5.69 Å². The van der Waals surface area contributed by atoms with Gasteiger partial charge in [0.05, 0.1) is 5.69 Å². The van der Waals surface area contributed by atoms with Gasteiger partial charge < -0.3 is 9.50 Å². The number of benzene rings is 1. The number of aromatic nitrogens is 4. The highest BCUT2D eigenvalue weighted by Gasteiger charge is 2.22. The van der Waals surface area contributed by atoms with Gasteiger partial charge in [-0.25, -0.2) is 9.97 Å². The molecule has 146 valence electrons. The zero-order chi connectivity index (χ0) is 20.5. The fraction of sp³-hybridized carbons (Fsp3) is 0.222. The van der Waals surface area contributed by atoms with Crippen LogP contribution in [0.15, 0.2) is 41.3 Å². The molecule has 10 heteroatoms. The van der Waals surface area contributed by atoms with Gasteiger partial charge >= 0.3 is 10.1 Å². The molecular weight excluding hydrogens is 382 g/mol. The number of carbonyl (C=O) groups excluding carboxylic acids is 1. The highest BCUT2D eigenvalue weighted by molar-refractivity contribution is 7.87. The molecule has 0 fully saturated rings. The van der Waals surface area contributed by atoms with Gasteiger partial charge in [0, 0.05) is 30.1 Å². The molecule has 0 radical (unpaired) electrons. The Kier molecular flexibility index (Phi) is 5.14. The minimum atomic E-state index is -4.13. The topological polar surface area (TPSA) is 116 Å². The standard InChI is InChI=1S/C18H19N5O4S/c1-11-9-12(2)20-18(19-11)23-17(10-13(3)22-23)27-28(25,26)16-7-5-15(6-8-16)21-14(4)24/h5-10H,1-4H3,(H,21,24). The number of nitrogens with one attached hydrogen (secondary N) is 1. The lowest BCUT2D eigenvalue weighted by molar-refractivity contribution is -0.114. The summed E-state index contributed by atoms with van der Waals surface area (Å²) in [6, 6.07) is 8.95. The molecule has 3 rings (SSSR count). The monoisotopic (exact) mass is 401 g/mol. The predicted octanol–water partition coefficient (Wildman–Crippen LogP) is 2.31. The molecule has 2 heterocycles. The lowest BCUT2D eigenvalue weighted by Crippen LogP contribution is -2.14. The van der Waals surface area contributed by atoms with Crippen molar-refractivity contribution in [3.63, 3.8) is 0 Å². The minimum Gasteiger partial charge on any atom is -0.358 e. The molecule has 0 saturated carbocycles. The number of carbonyl (C=O) groups is 1. The molecule has 0 aliphatic carbocycles. The van der Waals surface area contributed by atoms with Crippen molar-refractivity contribution in [2.24, 2.45) is 0 Å². The fourth-order valence-corrected chi connectivity index (χ4v) is 3.46. The number of nitrogens with zero attached hydrogens (tertiary/aromatic N) is 4. The van der Waals surface area contributed by atoms with E-state index in [4.69, 9.17) is 4.18 Å². The van der Waals surface area contributed by atoms with Crippen LogP contribution in [0.3, 0.4) is 0 Å². The molecule has 3 aromatic rings. The van der Waals surface area contributed by atoms with Crippen LogP contribution in [0.2, 0.25) is 0 Å². The van der Waals surface area contributed by atoms with Crippen LogP contribution in [0.5, 0.6) is 5.88 Å². The smallest absolute Gasteiger partial charge is 0.340 e.